The van der Waals surface area contributed by atoms with Crippen LogP contribution in [0.2, 0.25) is 10.0 Å². The SMILES string of the molecule is O=C(CN1CCN(Cc2ccccc2Cl)CC1)N/N=C\c1ccc(Cl)c([N+](=O)[O-])c1. The van der Waals surface area contributed by atoms with Crippen LogP contribution in [0.1, 0.15) is 11.1 Å². The van der Waals surface area contributed by atoms with Gasteiger partial charge in [-0.1, -0.05) is 47.5 Å². The highest BCUT2D eigenvalue weighted by Gasteiger charge is 2.19. The van der Waals surface area contributed by atoms with Gasteiger partial charge in [0.15, 0.2) is 0 Å². The van der Waals surface area contributed by atoms with E-state index in [9.17, 15) is 14.9 Å². The van der Waals surface area contributed by atoms with Crippen LogP contribution in [0.4, 0.5) is 5.69 Å². The van der Waals surface area contributed by atoms with Crippen molar-refractivity contribution in [1.82, 2.24) is 15.2 Å². The van der Waals surface area contributed by atoms with Gasteiger partial charge in [-0.15, -0.1) is 0 Å². The lowest BCUT2D eigenvalue weighted by Gasteiger charge is -2.34. The van der Waals surface area contributed by atoms with E-state index in [0.29, 0.717) is 5.56 Å². The molecule has 30 heavy (non-hydrogen) atoms. The lowest BCUT2D eigenvalue weighted by Crippen LogP contribution is -2.48. The number of nitrogens with one attached hydrogen (secondary N) is 1. The zero-order valence-electron chi connectivity index (χ0n) is 16.1. The number of hydrogen-bond acceptors (Lipinski definition) is 6. The van der Waals surface area contributed by atoms with Crippen LogP contribution in [-0.4, -0.2) is 59.6 Å². The molecule has 0 atom stereocenters. The van der Waals surface area contributed by atoms with Crippen LogP contribution in [0.25, 0.3) is 0 Å². The summed E-state index contributed by atoms with van der Waals surface area (Å²) in [5, 5.41) is 15.6. The summed E-state index contributed by atoms with van der Waals surface area (Å²) in [6.07, 6.45) is 1.35. The highest BCUT2D eigenvalue weighted by atomic mass is 35.5. The third-order valence-electron chi connectivity index (χ3n) is 4.75. The quantitative estimate of drug-likeness (QED) is 0.398. The minimum Gasteiger partial charge on any atom is -0.296 e. The molecule has 1 aliphatic heterocycles. The first-order chi connectivity index (χ1) is 14.4. The van der Waals surface area contributed by atoms with Crippen LogP contribution >= 0.6 is 23.2 Å². The first-order valence-corrected chi connectivity index (χ1v) is 10.1. The van der Waals surface area contributed by atoms with Crippen molar-refractivity contribution in [2.24, 2.45) is 5.10 Å². The van der Waals surface area contributed by atoms with Crippen LogP contribution < -0.4 is 5.43 Å². The second kappa shape index (κ2) is 10.5. The molecule has 0 unspecified atom stereocenters. The number of rotatable bonds is 7. The molecule has 0 spiro atoms. The summed E-state index contributed by atoms with van der Waals surface area (Å²) in [5.41, 5.74) is 3.82. The van der Waals surface area contributed by atoms with Crippen molar-refractivity contribution >= 4 is 41.0 Å². The number of hydrazone groups is 1. The van der Waals surface area contributed by atoms with Crippen molar-refractivity contribution in [2.45, 2.75) is 6.54 Å². The molecular weight excluding hydrogens is 429 g/mol. The number of hydrogen-bond donors (Lipinski definition) is 1. The number of benzene rings is 2. The van der Waals surface area contributed by atoms with Crippen LogP contribution in [0, 0.1) is 10.1 Å². The van der Waals surface area contributed by atoms with Crippen LogP contribution in [0.3, 0.4) is 0 Å². The molecule has 1 saturated heterocycles. The topological polar surface area (TPSA) is 91.1 Å². The Morgan fingerprint density at radius 1 is 1.10 bits per heavy atom. The summed E-state index contributed by atoms with van der Waals surface area (Å²) in [6.45, 7) is 4.25. The second-order valence-corrected chi connectivity index (χ2v) is 7.72. The molecule has 1 fully saturated rings. The van der Waals surface area contributed by atoms with Gasteiger partial charge >= 0.3 is 0 Å². The Morgan fingerprint density at radius 3 is 2.50 bits per heavy atom. The van der Waals surface area contributed by atoms with Crippen molar-refractivity contribution in [2.75, 3.05) is 32.7 Å². The maximum absolute atomic E-state index is 12.1. The minimum absolute atomic E-state index is 0.0508. The molecule has 0 radical (unpaired) electrons. The van der Waals surface area contributed by atoms with Crippen molar-refractivity contribution in [1.29, 1.82) is 0 Å². The van der Waals surface area contributed by atoms with E-state index in [1.165, 1.54) is 18.3 Å². The average Bonchev–Trinajstić information content (AvgIpc) is 2.72. The molecule has 10 heteroatoms. The fraction of sp³-hybridized carbons (Fsp3) is 0.300. The monoisotopic (exact) mass is 449 g/mol. The van der Waals surface area contributed by atoms with E-state index in [0.717, 1.165) is 43.3 Å². The number of piperazine rings is 1. The van der Waals surface area contributed by atoms with E-state index in [1.807, 2.05) is 24.3 Å². The number of carbonyl (C=O) groups excluding carboxylic acids is 1. The number of halogens is 2. The molecule has 0 bridgehead atoms. The van der Waals surface area contributed by atoms with Gasteiger partial charge in [-0.25, -0.2) is 5.43 Å². The molecule has 2 aromatic carbocycles. The van der Waals surface area contributed by atoms with Crippen molar-refractivity contribution in [3.63, 3.8) is 0 Å². The number of nitro groups is 1. The van der Waals surface area contributed by atoms with Crippen molar-refractivity contribution in [3.05, 3.63) is 73.8 Å². The number of carbonyl (C=O) groups is 1. The van der Waals surface area contributed by atoms with Gasteiger partial charge in [0.2, 0.25) is 0 Å². The number of nitro benzene ring substituents is 1. The van der Waals surface area contributed by atoms with Gasteiger partial charge in [0.05, 0.1) is 17.7 Å². The smallest absolute Gasteiger partial charge is 0.288 e. The van der Waals surface area contributed by atoms with E-state index in [1.54, 1.807) is 6.07 Å². The standard InChI is InChI=1S/C20H21Cl2N5O3/c21-17-4-2-1-3-16(17)13-25-7-9-26(10-8-25)14-20(28)24-23-12-15-5-6-18(22)19(11-15)27(29)30/h1-6,11-12H,7-10,13-14H2,(H,24,28)/b23-12-. The molecule has 0 aromatic heterocycles. The van der Waals surface area contributed by atoms with Crippen LogP contribution in [-0.2, 0) is 11.3 Å². The fourth-order valence-corrected chi connectivity index (χ4v) is 3.52. The fourth-order valence-electron chi connectivity index (χ4n) is 3.14. The molecule has 3 rings (SSSR count). The predicted molar refractivity (Wildman–Crippen MR) is 117 cm³/mol. The lowest BCUT2D eigenvalue weighted by atomic mass is 10.2. The third-order valence-corrected chi connectivity index (χ3v) is 5.44. The molecule has 1 N–H and O–H groups in total. The second-order valence-electron chi connectivity index (χ2n) is 6.90. The van der Waals surface area contributed by atoms with Gasteiger partial charge in [-0.05, 0) is 17.7 Å². The minimum atomic E-state index is -0.566. The molecule has 1 amide bonds. The lowest BCUT2D eigenvalue weighted by molar-refractivity contribution is -0.384. The predicted octanol–water partition coefficient (Wildman–Crippen LogP) is 3.17. The number of nitrogens with zero attached hydrogens (tertiary/aromatic N) is 4. The van der Waals surface area contributed by atoms with E-state index >= 15 is 0 Å². The summed E-state index contributed by atoms with van der Waals surface area (Å²) < 4.78 is 0. The van der Waals surface area contributed by atoms with Gasteiger partial charge < -0.3 is 0 Å². The maximum Gasteiger partial charge on any atom is 0.288 e. The third kappa shape index (κ3) is 6.24. The Hall–Kier alpha value is -2.52. The van der Waals surface area contributed by atoms with Crippen LogP contribution in [0.15, 0.2) is 47.6 Å². The van der Waals surface area contributed by atoms with Gasteiger partial charge in [0.25, 0.3) is 11.6 Å². The summed E-state index contributed by atoms with van der Waals surface area (Å²) >= 11 is 12.0. The van der Waals surface area contributed by atoms with E-state index in [4.69, 9.17) is 23.2 Å². The number of amides is 1. The van der Waals surface area contributed by atoms with E-state index in [2.05, 4.69) is 20.3 Å². The zero-order chi connectivity index (χ0) is 21.5. The largest absolute Gasteiger partial charge is 0.296 e. The van der Waals surface area contributed by atoms with Crippen LogP contribution in [0.5, 0.6) is 0 Å². The Balaban J connectivity index is 1.43. The molecular formula is C20H21Cl2N5O3. The first kappa shape index (κ1) is 22.2. The average molecular weight is 450 g/mol. The first-order valence-electron chi connectivity index (χ1n) is 9.36. The zero-order valence-corrected chi connectivity index (χ0v) is 17.6. The van der Waals surface area contributed by atoms with E-state index in [-0.39, 0.29) is 23.2 Å². The Bertz CT molecular complexity index is 946. The summed E-state index contributed by atoms with van der Waals surface area (Å²) in [7, 11) is 0. The molecule has 8 nitrogen and oxygen atoms in total. The highest BCUT2D eigenvalue weighted by Crippen LogP contribution is 2.24. The molecule has 158 valence electrons. The Kier molecular flexibility index (Phi) is 7.75. The van der Waals surface area contributed by atoms with Gasteiger partial charge in [-0.3, -0.25) is 24.7 Å². The summed E-state index contributed by atoms with van der Waals surface area (Å²) in [4.78, 5) is 26.8. The Labute approximate surface area is 184 Å². The Morgan fingerprint density at radius 2 is 1.80 bits per heavy atom. The maximum atomic E-state index is 12.1. The summed E-state index contributed by atoms with van der Waals surface area (Å²) in [6, 6.07) is 12.1. The molecule has 1 heterocycles. The van der Waals surface area contributed by atoms with Gasteiger partial charge in [0, 0.05) is 49.4 Å². The molecule has 0 saturated carbocycles. The van der Waals surface area contributed by atoms with Gasteiger partial charge in [0.1, 0.15) is 5.02 Å². The highest BCUT2D eigenvalue weighted by molar-refractivity contribution is 6.32. The van der Waals surface area contributed by atoms with Crippen molar-refractivity contribution < 1.29 is 9.72 Å². The van der Waals surface area contributed by atoms with Gasteiger partial charge in [-0.2, -0.15) is 5.10 Å². The van der Waals surface area contributed by atoms with Crippen molar-refractivity contribution in [3.8, 4) is 0 Å². The van der Waals surface area contributed by atoms with E-state index < -0.39 is 4.92 Å². The molecule has 2 aromatic rings. The normalized spacial score (nSPS) is 15.4. The summed E-state index contributed by atoms with van der Waals surface area (Å²) in [5.74, 6) is -0.241. The molecule has 0 aliphatic carbocycles. The molecule has 1 aliphatic rings.